The van der Waals surface area contributed by atoms with Gasteiger partial charge >= 0.3 is 0 Å². The van der Waals surface area contributed by atoms with Crippen LogP contribution in [0.3, 0.4) is 0 Å². The van der Waals surface area contributed by atoms with Crippen molar-refractivity contribution in [3.8, 4) is 6.07 Å². The fourth-order valence-electron chi connectivity index (χ4n) is 1.93. The lowest BCUT2D eigenvalue weighted by atomic mass is 10.2. The average molecular weight is 262 g/mol. The van der Waals surface area contributed by atoms with E-state index in [1.807, 2.05) is 12.1 Å². The van der Waals surface area contributed by atoms with Crippen molar-refractivity contribution in [2.75, 3.05) is 5.32 Å². The van der Waals surface area contributed by atoms with E-state index in [1.54, 1.807) is 36.5 Å². The third kappa shape index (κ3) is 2.22. The van der Waals surface area contributed by atoms with Gasteiger partial charge in [-0.05, 0) is 30.3 Å². The number of amides is 1. The molecular weight excluding hydrogens is 252 g/mol. The van der Waals surface area contributed by atoms with E-state index in [4.69, 9.17) is 5.26 Å². The molecule has 0 unspecified atom stereocenters. The van der Waals surface area contributed by atoms with Crippen LogP contribution in [0.2, 0.25) is 0 Å². The van der Waals surface area contributed by atoms with E-state index in [9.17, 15) is 4.79 Å². The summed E-state index contributed by atoms with van der Waals surface area (Å²) in [5, 5.41) is 12.5. The predicted octanol–water partition coefficient (Wildman–Crippen LogP) is 2.69. The molecule has 0 aliphatic rings. The summed E-state index contributed by atoms with van der Waals surface area (Å²) >= 11 is 0. The van der Waals surface area contributed by atoms with E-state index in [0.717, 1.165) is 11.0 Å². The Morgan fingerprint density at radius 2 is 2.20 bits per heavy atom. The van der Waals surface area contributed by atoms with Gasteiger partial charge in [-0.15, -0.1) is 0 Å². The highest BCUT2D eigenvalue weighted by Crippen LogP contribution is 2.14. The minimum absolute atomic E-state index is 0.254. The van der Waals surface area contributed by atoms with Crippen LogP contribution < -0.4 is 5.32 Å². The van der Waals surface area contributed by atoms with Crippen molar-refractivity contribution in [1.29, 1.82) is 5.26 Å². The van der Waals surface area contributed by atoms with Gasteiger partial charge in [0.15, 0.2) is 0 Å². The molecule has 3 rings (SSSR count). The molecule has 1 aromatic carbocycles. The first-order chi connectivity index (χ1) is 9.76. The number of nitriles is 1. The summed E-state index contributed by atoms with van der Waals surface area (Å²) in [6.45, 7) is 0. The average Bonchev–Trinajstić information content (AvgIpc) is 2.94. The summed E-state index contributed by atoms with van der Waals surface area (Å²) in [5.74, 6) is -0.254. The lowest BCUT2D eigenvalue weighted by Gasteiger charge is -2.05. The highest BCUT2D eigenvalue weighted by molar-refractivity contribution is 6.05. The van der Waals surface area contributed by atoms with Crippen LogP contribution in [0.15, 0.2) is 48.8 Å². The van der Waals surface area contributed by atoms with Gasteiger partial charge in [-0.1, -0.05) is 6.07 Å². The Bertz CT molecular complexity index is 829. The Hall–Kier alpha value is -3.13. The predicted molar refractivity (Wildman–Crippen MR) is 75.2 cm³/mol. The van der Waals surface area contributed by atoms with Crippen molar-refractivity contribution in [1.82, 2.24) is 9.97 Å². The fourth-order valence-corrected chi connectivity index (χ4v) is 1.93. The molecule has 2 N–H and O–H groups in total. The Morgan fingerprint density at radius 1 is 1.30 bits per heavy atom. The smallest absolute Gasteiger partial charge is 0.257 e. The maximum Gasteiger partial charge on any atom is 0.257 e. The van der Waals surface area contributed by atoms with Crippen molar-refractivity contribution >= 4 is 22.6 Å². The van der Waals surface area contributed by atoms with E-state index in [-0.39, 0.29) is 5.91 Å². The van der Waals surface area contributed by atoms with Crippen LogP contribution in [0.5, 0.6) is 0 Å². The lowest BCUT2D eigenvalue weighted by molar-refractivity contribution is 0.102. The summed E-state index contributed by atoms with van der Waals surface area (Å²) in [4.78, 5) is 19.3. The minimum atomic E-state index is -0.254. The monoisotopic (exact) mass is 262 g/mol. The van der Waals surface area contributed by atoms with Gasteiger partial charge in [0.1, 0.15) is 5.65 Å². The van der Waals surface area contributed by atoms with Gasteiger partial charge in [-0.3, -0.25) is 4.79 Å². The van der Waals surface area contributed by atoms with E-state index >= 15 is 0 Å². The summed E-state index contributed by atoms with van der Waals surface area (Å²) in [6, 6.07) is 12.4. The zero-order chi connectivity index (χ0) is 13.9. The number of nitrogens with one attached hydrogen (secondary N) is 2. The largest absolute Gasteiger partial charge is 0.346 e. The SMILES string of the molecule is N#Cc1cccc(NC(=O)c2cnc3[nH]ccc3c2)c1. The maximum absolute atomic E-state index is 12.1. The molecule has 5 nitrogen and oxygen atoms in total. The molecule has 96 valence electrons. The van der Waals surface area contributed by atoms with Crippen LogP contribution in [0, 0.1) is 11.3 Å². The number of pyridine rings is 1. The lowest BCUT2D eigenvalue weighted by Crippen LogP contribution is -2.12. The van der Waals surface area contributed by atoms with Crippen molar-refractivity contribution in [3.05, 3.63) is 59.9 Å². The fraction of sp³-hybridized carbons (Fsp3) is 0. The summed E-state index contributed by atoms with van der Waals surface area (Å²) in [5.41, 5.74) is 2.30. The van der Waals surface area contributed by atoms with Crippen LogP contribution in [-0.4, -0.2) is 15.9 Å². The first-order valence-corrected chi connectivity index (χ1v) is 6.01. The first-order valence-electron chi connectivity index (χ1n) is 6.01. The number of benzene rings is 1. The Balaban J connectivity index is 1.86. The molecule has 0 spiro atoms. The van der Waals surface area contributed by atoms with Crippen molar-refractivity contribution in [2.24, 2.45) is 0 Å². The second kappa shape index (κ2) is 4.86. The Morgan fingerprint density at radius 3 is 3.05 bits per heavy atom. The summed E-state index contributed by atoms with van der Waals surface area (Å²) in [6.07, 6.45) is 3.29. The molecular formula is C15H10N4O. The summed E-state index contributed by atoms with van der Waals surface area (Å²) < 4.78 is 0. The molecule has 2 heterocycles. The van der Waals surface area contributed by atoms with Gasteiger partial charge in [-0.25, -0.2) is 4.98 Å². The first kappa shape index (κ1) is 11.9. The molecule has 1 amide bonds. The minimum Gasteiger partial charge on any atom is -0.346 e. The zero-order valence-electron chi connectivity index (χ0n) is 10.4. The van der Waals surface area contributed by atoms with Crippen LogP contribution in [0.4, 0.5) is 5.69 Å². The number of hydrogen-bond acceptors (Lipinski definition) is 3. The topological polar surface area (TPSA) is 81.6 Å². The Kier molecular flexibility index (Phi) is 2.90. The number of carbonyl (C=O) groups is 1. The van der Waals surface area contributed by atoms with Crippen LogP contribution in [0.25, 0.3) is 11.0 Å². The van der Waals surface area contributed by atoms with Gasteiger partial charge in [0.2, 0.25) is 0 Å². The number of fused-ring (bicyclic) bond motifs is 1. The molecule has 0 aliphatic carbocycles. The van der Waals surface area contributed by atoms with Gasteiger partial charge in [0.25, 0.3) is 5.91 Å². The van der Waals surface area contributed by atoms with Gasteiger partial charge in [0, 0.05) is 23.5 Å². The third-order valence-electron chi connectivity index (χ3n) is 2.91. The van der Waals surface area contributed by atoms with Gasteiger partial charge in [-0.2, -0.15) is 5.26 Å². The van der Waals surface area contributed by atoms with Gasteiger partial charge in [0.05, 0.1) is 17.2 Å². The second-order valence-corrected chi connectivity index (χ2v) is 4.29. The van der Waals surface area contributed by atoms with Crippen LogP contribution in [-0.2, 0) is 0 Å². The number of aromatic amines is 1. The normalized spacial score (nSPS) is 10.2. The van der Waals surface area contributed by atoms with Crippen LogP contribution >= 0.6 is 0 Å². The number of carbonyl (C=O) groups excluding carboxylic acids is 1. The van der Waals surface area contributed by atoms with E-state index in [2.05, 4.69) is 15.3 Å². The molecule has 0 radical (unpaired) electrons. The van der Waals surface area contributed by atoms with Gasteiger partial charge < -0.3 is 10.3 Å². The van der Waals surface area contributed by atoms with Crippen molar-refractivity contribution in [3.63, 3.8) is 0 Å². The van der Waals surface area contributed by atoms with Crippen LogP contribution in [0.1, 0.15) is 15.9 Å². The number of anilines is 1. The number of H-pyrrole nitrogens is 1. The molecule has 5 heteroatoms. The molecule has 0 atom stereocenters. The molecule has 3 aromatic rings. The molecule has 0 saturated heterocycles. The highest BCUT2D eigenvalue weighted by atomic mass is 16.1. The highest BCUT2D eigenvalue weighted by Gasteiger charge is 2.08. The summed E-state index contributed by atoms with van der Waals surface area (Å²) in [7, 11) is 0. The molecule has 20 heavy (non-hydrogen) atoms. The number of hydrogen-bond donors (Lipinski definition) is 2. The maximum atomic E-state index is 12.1. The molecule has 0 bridgehead atoms. The zero-order valence-corrected chi connectivity index (χ0v) is 10.4. The van der Waals surface area contributed by atoms with Crippen molar-refractivity contribution < 1.29 is 4.79 Å². The number of aromatic nitrogens is 2. The second-order valence-electron chi connectivity index (χ2n) is 4.29. The van der Waals surface area contributed by atoms with E-state index in [0.29, 0.717) is 16.8 Å². The molecule has 2 aromatic heterocycles. The number of nitrogens with zero attached hydrogens (tertiary/aromatic N) is 2. The van der Waals surface area contributed by atoms with E-state index < -0.39 is 0 Å². The molecule has 0 fully saturated rings. The molecule has 0 aliphatic heterocycles. The molecule has 0 saturated carbocycles. The quantitative estimate of drug-likeness (QED) is 0.745. The number of rotatable bonds is 2. The van der Waals surface area contributed by atoms with E-state index in [1.165, 1.54) is 6.20 Å². The Labute approximate surface area is 114 Å². The van der Waals surface area contributed by atoms with Crippen molar-refractivity contribution in [2.45, 2.75) is 0 Å². The third-order valence-corrected chi connectivity index (χ3v) is 2.91. The standard InChI is InChI=1S/C15H10N4O/c16-8-10-2-1-3-13(6-10)19-15(20)12-7-11-4-5-17-14(11)18-9-12/h1-7,9H,(H,17,18)(H,19,20).